The van der Waals surface area contributed by atoms with Gasteiger partial charge < -0.3 is 14.2 Å². The average Bonchev–Trinajstić information content (AvgIpc) is 3.01. The third-order valence-electron chi connectivity index (χ3n) is 4.63. The Bertz CT molecular complexity index is 1090. The van der Waals surface area contributed by atoms with Gasteiger partial charge in [0, 0.05) is 10.7 Å². The van der Waals surface area contributed by atoms with Crippen LogP contribution in [0.1, 0.15) is 12.5 Å². The van der Waals surface area contributed by atoms with Crippen LogP contribution in [0.15, 0.2) is 65.4 Å². The average molecular weight is 442 g/mol. The fraction of sp³-hybridized carbons (Fsp3) is 0.174. The van der Waals surface area contributed by atoms with Crippen LogP contribution in [0.2, 0.25) is 5.02 Å². The van der Waals surface area contributed by atoms with Gasteiger partial charge in [0.2, 0.25) is 0 Å². The Morgan fingerprint density at radius 2 is 1.77 bits per heavy atom. The quantitative estimate of drug-likeness (QED) is 0.501. The molecule has 0 fully saturated rings. The van der Waals surface area contributed by atoms with Crippen molar-refractivity contribution in [3.63, 3.8) is 0 Å². The smallest absolute Gasteiger partial charge is 0.343 e. The number of anilines is 1. The van der Waals surface area contributed by atoms with Gasteiger partial charge >= 0.3 is 11.9 Å². The zero-order valence-electron chi connectivity index (χ0n) is 17.2. The molecular weight excluding hydrogens is 422 g/mol. The molecule has 0 N–H and O–H groups in total. The van der Waals surface area contributed by atoms with Gasteiger partial charge in [-0.2, -0.15) is 0 Å². The third kappa shape index (κ3) is 4.78. The predicted molar refractivity (Wildman–Crippen MR) is 116 cm³/mol. The zero-order valence-corrected chi connectivity index (χ0v) is 17.9. The van der Waals surface area contributed by atoms with Crippen LogP contribution in [-0.2, 0) is 23.9 Å². The highest BCUT2D eigenvalue weighted by Crippen LogP contribution is 2.36. The summed E-state index contributed by atoms with van der Waals surface area (Å²) in [7, 11) is 2.54. The van der Waals surface area contributed by atoms with E-state index < -0.39 is 11.9 Å². The number of rotatable bonds is 6. The second kappa shape index (κ2) is 9.49. The van der Waals surface area contributed by atoms with Crippen LogP contribution < -0.4 is 9.64 Å². The van der Waals surface area contributed by atoms with Crippen molar-refractivity contribution in [2.45, 2.75) is 6.92 Å². The molecule has 1 amide bonds. The minimum absolute atomic E-state index is 0.179. The Morgan fingerprint density at radius 3 is 2.39 bits per heavy atom. The minimum Gasteiger partial charge on any atom is -0.482 e. The number of hydrogen-bond donors (Lipinski definition) is 0. The van der Waals surface area contributed by atoms with Crippen LogP contribution in [0.25, 0.3) is 6.08 Å². The standard InChI is InChI=1S/C23H20ClNO6/c1-14-21(23(28)30-3)19(22(27)25(14)17-6-4-5-16(24)12-17)11-15-7-9-18(10-8-15)31-13-20(26)29-2/h4-12H,13H2,1-3H3/b19-11-. The summed E-state index contributed by atoms with van der Waals surface area (Å²) >= 11 is 6.08. The number of nitrogens with zero attached hydrogens (tertiary/aromatic N) is 1. The van der Waals surface area contributed by atoms with E-state index in [4.69, 9.17) is 21.1 Å². The molecule has 31 heavy (non-hydrogen) atoms. The Kier molecular flexibility index (Phi) is 6.77. The molecule has 160 valence electrons. The van der Waals surface area contributed by atoms with Gasteiger partial charge in [0.25, 0.3) is 5.91 Å². The second-order valence-electron chi connectivity index (χ2n) is 6.56. The van der Waals surface area contributed by atoms with Crippen molar-refractivity contribution >= 4 is 41.2 Å². The van der Waals surface area contributed by atoms with Crippen LogP contribution >= 0.6 is 11.6 Å². The summed E-state index contributed by atoms with van der Waals surface area (Å²) in [6.07, 6.45) is 1.60. The van der Waals surface area contributed by atoms with Gasteiger partial charge in [0.05, 0.1) is 31.1 Å². The monoisotopic (exact) mass is 441 g/mol. The van der Waals surface area contributed by atoms with E-state index in [1.54, 1.807) is 61.5 Å². The van der Waals surface area contributed by atoms with Gasteiger partial charge in [-0.1, -0.05) is 29.8 Å². The number of hydrogen-bond acceptors (Lipinski definition) is 6. The first-order chi connectivity index (χ1) is 14.8. The summed E-state index contributed by atoms with van der Waals surface area (Å²) in [5.41, 5.74) is 2.04. The molecule has 2 aromatic rings. The van der Waals surface area contributed by atoms with E-state index in [0.717, 1.165) is 0 Å². The molecule has 0 atom stereocenters. The van der Waals surface area contributed by atoms with E-state index in [0.29, 0.717) is 27.7 Å². The summed E-state index contributed by atoms with van der Waals surface area (Å²) < 4.78 is 14.8. The van der Waals surface area contributed by atoms with Crippen molar-refractivity contribution in [3.8, 4) is 5.75 Å². The number of esters is 2. The van der Waals surface area contributed by atoms with Gasteiger partial charge in [-0.3, -0.25) is 9.69 Å². The summed E-state index contributed by atoms with van der Waals surface area (Å²) in [6, 6.07) is 13.5. The summed E-state index contributed by atoms with van der Waals surface area (Å²) in [5.74, 6) is -1.01. The van der Waals surface area contributed by atoms with E-state index >= 15 is 0 Å². The fourth-order valence-electron chi connectivity index (χ4n) is 3.13. The van der Waals surface area contributed by atoms with Gasteiger partial charge in [0.1, 0.15) is 5.75 Å². The lowest BCUT2D eigenvalue weighted by Gasteiger charge is -2.18. The molecule has 0 aromatic heterocycles. The molecule has 0 aliphatic carbocycles. The largest absolute Gasteiger partial charge is 0.482 e. The maximum Gasteiger partial charge on any atom is 0.343 e. The molecule has 1 aliphatic rings. The number of methoxy groups -OCH3 is 2. The first-order valence-electron chi connectivity index (χ1n) is 9.26. The van der Waals surface area contributed by atoms with Gasteiger partial charge in [0.15, 0.2) is 6.61 Å². The molecule has 0 spiro atoms. The van der Waals surface area contributed by atoms with E-state index in [1.807, 2.05) is 0 Å². The molecule has 7 nitrogen and oxygen atoms in total. The highest BCUT2D eigenvalue weighted by molar-refractivity contribution is 6.31. The van der Waals surface area contributed by atoms with Crippen molar-refractivity contribution in [1.29, 1.82) is 0 Å². The summed E-state index contributed by atoms with van der Waals surface area (Å²) in [4.78, 5) is 38.3. The number of benzene rings is 2. The van der Waals surface area contributed by atoms with Crippen LogP contribution in [0, 0.1) is 0 Å². The van der Waals surface area contributed by atoms with Crippen LogP contribution in [-0.4, -0.2) is 38.7 Å². The van der Waals surface area contributed by atoms with Crippen LogP contribution in [0.5, 0.6) is 5.75 Å². The third-order valence-corrected chi connectivity index (χ3v) is 4.87. The van der Waals surface area contributed by atoms with E-state index in [-0.39, 0.29) is 23.7 Å². The van der Waals surface area contributed by atoms with Crippen molar-refractivity contribution < 1.29 is 28.6 Å². The molecule has 1 heterocycles. The molecule has 3 rings (SSSR count). The number of carbonyl (C=O) groups is 3. The van der Waals surface area contributed by atoms with Crippen LogP contribution in [0.4, 0.5) is 5.69 Å². The molecule has 8 heteroatoms. The maximum absolute atomic E-state index is 13.2. The Balaban J connectivity index is 1.95. The molecule has 0 saturated heterocycles. The van der Waals surface area contributed by atoms with Crippen molar-refractivity contribution in [2.75, 3.05) is 25.7 Å². The molecule has 0 bridgehead atoms. The second-order valence-corrected chi connectivity index (χ2v) is 7.00. The van der Waals surface area contributed by atoms with Crippen molar-refractivity contribution in [2.24, 2.45) is 0 Å². The van der Waals surface area contributed by atoms with E-state index in [9.17, 15) is 14.4 Å². The first-order valence-corrected chi connectivity index (χ1v) is 9.64. The van der Waals surface area contributed by atoms with Crippen molar-refractivity contribution in [3.05, 3.63) is 76.0 Å². The van der Waals surface area contributed by atoms with Gasteiger partial charge in [-0.25, -0.2) is 9.59 Å². The molecular formula is C23H20ClNO6. The lowest BCUT2D eigenvalue weighted by Crippen LogP contribution is -2.24. The van der Waals surface area contributed by atoms with E-state index in [1.165, 1.54) is 19.1 Å². The number of carbonyl (C=O) groups excluding carboxylic acids is 3. The maximum atomic E-state index is 13.2. The summed E-state index contributed by atoms with van der Waals surface area (Å²) in [6.45, 7) is 1.47. The fourth-order valence-corrected chi connectivity index (χ4v) is 3.32. The number of halogens is 1. The first kappa shape index (κ1) is 22.1. The number of amides is 1. The topological polar surface area (TPSA) is 82.1 Å². The Labute approximate surface area is 184 Å². The SMILES string of the molecule is COC(=O)COc1ccc(/C=C2\C(=O)N(c3cccc(Cl)c3)C(C)=C2C(=O)OC)cc1. The lowest BCUT2D eigenvalue weighted by molar-refractivity contribution is -0.143. The van der Waals surface area contributed by atoms with Crippen LogP contribution in [0.3, 0.4) is 0 Å². The molecule has 1 aliphatic heterocycles. The molecule has 0 unspecified atom stereocenters. The molecule has 0 saturated carbocycles. The highest BCUT2D eigenvalue weighted by atomic mass is 35.5. The molecule has 0 radical (unpaired) electrons. The summed E-state index contributed by atoms with van der Waals surface area (Å²) in [5, 5.41) is 0.470. The van der Waals surface area contributed by atoms with Gasteiger partial charge in [-0.05, 0) is 48.9 Å². The lowest BCUT2D eigenvalue weighted by atomic mass is 10.0. The molecule has 2 aromatic carbocycles. The normalized spacial score (nSPS) is 14.8. The van der Waals surface area contributed by atoms with Crippen molar-refractivity contribution in [1.82, 2.24) is 0 Å². The number of ether oxygens (including phenoxy) is 3. The van der Waals surface area contributed by atoms with E-state index in [2.05, 4.69) is 4.74 Å². The Morgan fingerprint density at radius 1 is 1.06 bits per heavy atom. The zero-order chi connectivity index (χ0) is 22.5. The number of allylic oxidation sites excluding steroid dienone is 1. The minimum atomic E-state index is -0.611. The highest BCUT2D eigenvalue weighted by Gasteiger charge is 2.37. The van der Waals surface area contributed by atoms with Gasteiger partial charge in [-0.15, -0.1) is 0 Å². The predicted octanol–water partition coefficient (Wildman–Crippen LogP) is 3.77. The Hall–Kier alpha value is -3.58.